The standard InChI is InChI=1S/C44H84NO8P/c1-3-5-7-9-11-13-15-17-19-21-23-24-26-28-30-32-34-36-43(46)50-40-42(41-52-54(48,49)51-39-38-45)53-44(47)37-35-33-31-29-27-25-22-20-18-16-14-12-10-8-6-4-2/h23-24,28,30,42H,3-22,25-27,29,31-41,45H2,1-2H3,(H,48,49)/b24-23+,30-28+/t42-/m1/s1. The number of carbonyl (C=O) groups excluding carboxylic acids is 2. The van der Waals surface area contributed by atoms with Gasteiger partial charge in [-0.3, -0.25) is 18.6 Å². The third-order valence-electron chi connectivity index (χ3n) is 9.59. The molecule has 0 aromatic carbocycles. The van der Waals surface area contributed by atoms with E-state index in [9.17, 15) is 19.0 Å². The van der Waals surface area contributed by atoms with Crippen LogP contribution in [0.1, 0.15) is 213 Å². The molecule has 318 valence electrons. The van der Waals surface area contributed by atoms with Crippen molar-refractivity contribution in [2.24, 2.45) is 5.73 Å². The van der Waals surface area contributed by atoms with Crippen LogP contribution in [0.4, 0.5) is 0 Å². The highest BCUT2D eigenvalue weighted by Crippen LogP contribution is 2.43. The van der Waals surface area contributed by atoms with E-state index < -0.39 is 32.5 Å². The second kappa shape index (κ2) is 41.1. The van der Waals surface area contributed by atoms with Crippen molar-refractivity contribution in [1.82, 2.24) is 0 Å². The topological polar surface area (TPSA) is 134 Å². The number of hydrogen-bond acceptors (Lipinski definition) is 8. The quantitative estimate of drug-likeness (QED) is 0.0268. The van der Waals surface area contributed by atoms with Gasteiger partial charge in [0.1, 0.15) is 6.61 Å². The van der Waals surface area contributed by atoms with E-state index in [1.807, 2.05) is 0 Å². The molecule has 0 aromatic heterocycles. The molecule has 10 heteroatoms. The number of unbranched alkanes of at least 4 members (excludes halogenated alkanes) is 25. The van der Waals surface area contributed by atoms with Crippen molar-refractivity contribution in [3.63, 3.8) is 0 Å². The van der Waals surface area contributed by atoms with Crippen LogP contribution in [-0.2, 0) is 32.7 Å². The maximum atomic E-state index is 12.6. The number of nitrogens with two attached hydrogens (primary N) is 1. The molecule has 0 saturated carbocycles. The van der Waals surface area contributed by atoms with Crippen molar-refractivity contribution >= 4 is 19.8 Å². The molecule has 0 aliphatic rings. The first-order valence-electron chi connectivity index (χ1n) is 22.3. The first-order valence-corrected chi connectivity index (χ1v) is 23.8. The third kappa shape index (κ3) is 40.2. The summed E-state index contributed by atoms with van der Waals surface area (Å²) in [6, 6.07) is 0. The van der Waals surface area contributed by atoms with Crippen LogP contribution in [0.2, 0.25) is 0 Å². The number of phosphoric ester groups is 1. The molecule has 1 unspecified atom stereocenters. The summed E-state index contributed by atoms with van der Waals surface area (Å²) in [4.78, 5) is 34.8. The van der Waals surface area contributed by atoms with Gasteiger partial charge in [0.05, 0.1) is 13.2 Å². The summed E-state index contributed by atoms with van der Waals surface area (Å²) < 4.78 is 32.7. The summed E-state index contributed by atoms with van der Waals surface area (Å²) in [6.45, 7) is 3.71. The predicted molar refractivity (Wildman–Crippen MR) is 224 cm³/mol. The van der Waals surface area contributed by atoms with Crippen LogP contribution in [0.25, 0.3) is 0 Å². The summed E-state index contributed by atoms with van der Waals surface area (Å²) >= 11 is 0. The number of ether oxygens (including phenoxy) is 2. The minimum atomic E-state index is -4.38. The third-order valence-corrected chi connectivity index (χ3v) is 10.6. The van der Waals surface area contributed by atoms with Crippen LogP contribution in [0.3, 0.4) is 0 Å². The molecule has 0 radical (unpaired) electrons. The largest absolute Gasteiger partial charge is 0.472 e. The van der Waals surface area contributed by atoms with Gasteiger partial charge in [0.25, 0.3) is 0 Å². The fraction of sp³-hybridized carbons (Fsp3) is 0.864. The van der Waals surface area contributed by atoms with Crippen molar-refractivity contribution in [3.8, 4) is 0 Å². The highest BCUT2D eigenvalue weighted by atomic mass is 31.2. The van der Waals surface area contributed by atoms with E-state index in [-0.39, 0.29) is 32.6 Å². The zero-order valence-electron chi connectivity index (χ0n) is 35.0. The molecular formula is C44H84NO8P. The van der Waals surface area contributed by atoms with Crippen LogP contribution < -0.4 is 5.73 Å². The van der Waals surface area contributed by atoms with E-state index in [1.54, 1.807) is 0 Å². The first kappa shape index (κ1) is 52.5. The highest BCUT2D eigenvalue weighted by Gasteiger charge is 2.26. The van der Waals surface area contributed by atoms with E-state index in [4.69, 9.17) is 24.3 Å². The fourth-order valence-electron chi connectivity index (χ4n) is 6.26. The molecule has 0 rings (SSSR count). The minimum Gasteiger partial charge on any atom is -0.462 e. The van der Waals surface area contributed by atoms with Crippen LogP contribution in [0.15, 0.2) is 24.3 Å². The van der Waals surface area contributed by atoms with Crippen molar-refractivity contribution in [2.45, 2.75) is 219 Å². The Morgan fingerprint density at radius 3 is 1.46 bits per heavy atom. The van der Waals surface area contributed by atoms with Crippen LogP contribution >= 0.6 is 7.82 Å². The van der Waals surface area contributed by atoms with E-state index >= 15 is 0 Å². The molecule has 0 bridgehead atoms. The number of hydrogen-bond donors (Lipinski definition) is 2. The fourth-order valence-corrected chi connectivity index (χ4v) is 7.03. The van der Waals surface area contributed by atoms with Crippen molar-refractivity contribution < 1.29 is 37.6 Å². The normalized spacial score (nSPS) is 13.5. The Bertz CT molecular complexity index is 944. The lowest BCUT2D eigenvalue weighted by molar-refractivity contribution is -0.161. The number of esters is 2. The van der Waals surface area contributed by atoms with Gasteiger partial charge in [-0.15, -0.1) is 0 Å². The van der Waals surface area contributed by atoms with E-state index in [2.05, 4.69) is 38.2 Å². The molecule has 0 amide bonds. The molecule has 9 nitrogen and oxygen atoms in total. The Morgan fingerprint density at radius 1 is 0.556 bits per heavy atom. The molecular weight excluding hydrogens is 701 g/mol. The number of carbonyl (C=O) groups is 2. The molecule has 0 heterocycles. The molecule has 0 aromatic rings. The number of rotatable bonds is 42. The van der Waals surface area contributed by atoms with Gasteiger partial charge >= 0.3 is 19.8 Å². The van der Waals surface area contributed by atoms with E-state index in [0.29, 0.717) is 12.8 Å². The molecule has 0 spiro atoms. The van der Waals surface area contributed by atoms with E-state index in [1.165, 1.54) is 141 Å². The van der Waals surface area contributed by atoms with Gasteiger partial charge in [-0.05, 0) is 38.5 Å². The first-order chi connectivity index (χ1) is 26.3. The average molecular weight is 786 g/mol. The Labute approximate surface area is 332 Å². The average Bonchev–Trinajstić information content (AvgIpc) is 3.16. The van der Waals surface area contributed by atoms with Gasteiger partial charge in [0.15, 0.2) is 6.10 Å². The molecule has 0 saturated heterocycles. The van der Waals surface area contributed by atoms with Crippen molar-refractivity contribution in [3.05, 3.63) is 24.3 Å². The van der Waals surface area contributed by atoms with Crippen LogP contribution in [0, 0.1) is 0 Å². The van der Waals surface area contributed by atoms with Crippen LogP contribution in [-0.4, -0.2) is 49.3 Å². The minimum absolute atomic E-state index is 0.0501. The highest BCUT2D eigenvalue weighted by molar-refractivity contribution is 7.47. The smallest absolute Gasteiger partial charge is 0.462 e. The monoisotopic (exact) mass is 786 g/mol. The summed E-state index contributed by atoms with van der Waals surface area (Å²) in [5.74, 6) is -0.873. The molecule has 54 heavy (non-hydrogen) atoms. The van der Waals surface area contributed by atoms with Crippen LogP contribution in [0.5, 0.6) is 0 Å². The molecule has 0 aliphatic carbocycles. The van der Waals surface area contributed by atoms with E-state index in [0.717, 1.165) is 32.1 Å². The van der Waals surface area contributed by atoms with Gasteiger partial charge in [-0.2, -0.15) is 0 Å². The molecule has 0 fully saturated rings. The van der Waals surface area contributed by atoms with Crippen molar-refractivity contribution in [1.29, 1.82) is 0 Å². The summed E-state index contributed by atoms with van der Waals surface area (Å²) in [5.41, 5.74) is 5.35. The number of phosphoric acid groups is 1. The molecule has 2 atom stereocenters. The van der Waals surface area contributed by atoms with Gasteiger partial charge in [0.2, 0.25) is 0 Å². The molecule has 0 aliphatic heterocycles. The lowest BCUT2D eigenvalue weighted by Crippen LogP contribution is -2.29. The maximum absolute atomic E-state index is 12.6. The Kier molecular flexibility index (Phi) is 40.0. The van der Waals surface area contributed by atoms with Gasteiger partial charge in [-0.25, -0.2) is 4.57 Å². The predicted octanol–water partition coefficient (Wildman–Crippen LogP) is 12.8. The zero-order chi connectivity index (χ0) is 39.6. The second-order valence-electron chi connectivity index (χ2n) is 14.9. The lowest BCUT2D eigenvalue weighted by atomic mass is 10.0. The summed E-state index contributed by atoms with van der Waals surface area (Å²) in [5, 5.41) is 0. The Morgan fingerprint density at radius 2 is 0.981 bits per heavy atom. The van der Waals surface area contributed by atoms with Gasteiger partial charge < -0.3 is 20.1 Å². The van der Waals surface area contributed by atoms with Gasteiger partial charge in [0, 0.05) is 19.4 Å². The Balaban J connectivity index is 4.17. The zero-order valence-corrected chi connectivity index (χ0v) is 35.9. The summed E-state index contributed by atoms with van der Waals surface area (Å²) in [7, 11) is -4.38. The van der Waals surface area contributed by atoms with Crippen molar-refractivity contribution in [2.75, 3.05) is 26.4 Å². The molecule has 3 N–H and O–H groups in total. The maximum Gasteiger partial charge on any atom is 0.472 e. The van der Waals surface area contributed by atoms with Gasteiger partial charge in [-0.1, -0.05) is 186 Å². The SMILES string of the molecule is CCCCCCCCCCC/C=C/C/C=C/CCCC(=O)OC[C@H](COP(=O)(O)OCCN)OC(=O)CCCCCCCCCCCCCCCCCC. The second-order valence-corrected chi connectivity index (χ2v) is 16.4. The Hall–Kier alpha value is -1.51. The summed E-state index contributed by atoms with van der Waals surface area (Å²) in [6.07, 6.45) is 43.6. The number of allylic oxidation sites excluding steroid dienone is 4. The lowest BCUT2D eigenvalue weighted by Gasteiger charge is -2.19.